The Bertz CT molecular complexity index is 842. The second kappa shape index (κ2) is 8.39. The second-order valence-corrected chi connectivity index (χ2v) is 7.03. The molecule has 0 unspecified atom stereocenters. The summed E-state index contributed by atoms with van der Waals surface area (Å²) in [5, 5.41) is 3.12. The number of carbonyl (C=O) groups excluding carboxylic acids is 2. The number of halogens is 2. The first-order valence-electron chi connectivity index (χ1n) is 8.72. The highest BCUT2D eigenvalue weighted by molar-refractivity contribution is 6.31. The van der Waals surface area contributed by atoms with E-state index in [0.29, 0.717) is 31.7 Å². The van der Waals surface area contributed by atoms with E-state index in [4.69, 9.17) is 11.6 Å². The fourth-order valence-electron chi connectivity index (χ4n) is 2.92. The normalized spacial score (nSPS) is 14.0. The molecule has 1 N–H and O–H groups in total. The molecular weight excluding hydrogens is 369 g/mol. The molecule has 1 fully saturated rings. The number of amides is 3. The van der Waals surface area contributed by atoms with E-state index >= 15 is 0 Å². The van der Waals surface area contributed by atoms with Crippen molar-refractivity contribution in [3.63, 3.8) is 0 Å². The fraction of sp³-hybridized carbons (Fsp3) is 0.300. The van der Waals surface area contributed by atoms with Crippen molar-refractivity contribution in [3.05, 3.63) is 70.0 Å². The van der Waals surface area contributed by atoms with Crippen molar-refractivity contribution in [3.8, 4) is 0 Å². The van der Waals surface area contributed by atoms with E-state index in [2.05, 4.69) is 5.32 Å². The molecule has 3 amide bonds. The lowest BCUT2D eigenvalue weighted by Crippen LogP contribution is -2.39. The molecule has 0 aromatic heterocycles. The molecular formula is C20H21ClFN3O2. The lowest BCUT2D eigenvalue weighted by Gasteiger charge is -2.19. The number of benzene rings is 2. The molecule has 0 atom stereocenters. The quantitative estimate of drug-likeness (QED) is 0.823. The third-order valence-electron chi connectivity index (χ3n) is 4.50. The van der Waals surface area contributed by atoms with Crippen LogP contribution in [0, 0.1) is 12.7 Å². The molecule has 0 saturated carbocycles. The molecule has 0 radical (unpaired) electrons. The van der Waals surface area contributed by atoms with E-state index in [0.717, 1.165) is 11.1 Å². The number of aryl methyl sites for hydroxylation is 1. The zero-order valence-corrected chi connectivity index (χ0v) is 15.8. The van der Waals surface area contributed by atoms with Gasteiger partial charge < -0.3 is 15.1 Å². The Balaban J connectivity index is 1.50. The van der Waals surface area contributed by atoms with Crippen LogP contribution >= 0.6 is 11.6 Å². The fourth-order valence-corrected chi connectivity index (χ4v) is 3.14. The molecule has 1 heterocycles. The van der Waals surface area contributed by atoms with Gasteiger partial charge in [-0.05, 0) is 30.2 Å². The van der Waals surface area contributed by atoms with Crippen LogP contribution in [-0.2, 0) is 17.9 Å². The molecule has 1 aliphatic heterocycles. The third kappa shape index (κ3) is 4.98. The van der Waals surface area contributed by atoms with Crippen LogP contribution in [0.25, 0.3) is 0 Å². The Morgan fingerprint density at radius 3 is 2.56 bits per heavy atom. The summed E-state index contributed by atoms with van der Waals surface area (Å²) in [5.74, 6) is -0.617. The van der Waals surface area contributed by atoms with E-state index in [1.54, 1.807) is 11.0 Å². The SMILES string of the molecule is Cc1ccc(CNC(=O)CN2CCN(Cc3ccc(F)cc3Cl)C2=O)cc1. The van der Waals surface area contributed by atoms with Gasteiger partial charge in [-0.15, -0.1) is 0 Å². The van der Waals surface area contributed by atoms with Gasteiger partial charge in [-0.25, -0.2) is 9.18 Å². The molecule has 142 valence electrons. The molecule has 2 aromatic rings. The Hall–Kier alpha value is -2.60. The summed E-state index contributed by atoms with van der Waals surface area (Å²) >= 11 is 6.03. The first-order chi connectivity index (χ1) is 12.9. The summed E-state index contributed by atoms with van der Waals surface area (Å²) in [6.07, 6.45) is 0. The molecule has 27 heavy (non-hydrogen) atoms. The maximum absolute atomic E-state index is 13.1. The van der Waals surface area contributed by atoms with E-state index < -0.39 is 5.82 Å². The van der Waals surface area contributed by atoms with E-state index in [-0.39, 0.29) is 23.5 Å². The topological polar surface area (TPSA) is 52.7 Å². The van der Waals surface area contributed by atoms with Gasteiger partial charge in [0.25, 0.3) is 0 Å². The average Bonchev–Trinajstić information content (AvgIpc) is 2.97. The van der Waals surface area contributed by atoms with Crippen molar-refractivity contribution >= 4 is 23.5 Å². The van der Waals surface area contributed by atoms with Gasteiger partial charge >= 0.3 is 6.03 Å². The minimum Gasteiger partial charge on any atom is -0.350 e. The second-order valence-electron chi connectivity index (χ2n) is 6.62. The summed E-state index contributed by atoms with van der Waals surface area (Å²) in [6.45, 7) is 3.70. The summed E-state index contributed by atoms with van der Waals surface area (Å²) in [6, 6.07) is 11.8. The molecule has 0 bridgehead atoms. The van der Waals surface area contributed by atoms with Crippen molar-refractivity contribution in [1.29, 1.82) is 0 Å². The van der Waals surface area contributed by atoms with Crippen molar-refractivity contribution in [1.82, 2.24) is 15.1 Å². The summed E-state index contributed by atoms with van der Waals surface area (Å²) in [7, 11) is 0. The highest BCUT2D eigenvalue weighted by Crippen LogP contribution is 2.21. The first-order valence-corrected chi connectivity index (χ1v) is 9.10. The number of nitrogens with zero attached hydrogens (tertiary/aromatic N) is 2. The van der Waals surface area contributed by atoms with Gasteiger partial charge in [0.05, 0.1) is 0 Å². The minimum atomic E-state index is -0.414. The molecule has 3 rings (SSSR count). The van der Waals surface area contributed by atoms with Gasteiger partial charge in [-0.1, -0.05) is 47.5 Å². The van der Waals surface area contributed by atoms with E-state index in [9.17, 15) is 14.0 Å². The maximum Gasteiger partial charge on any atom is 0.320 e. The van der Waals surface area contributed by atoms with E-state index in [1.807, 2.05) is 31.2 Å². The predicted molar refractivity (Wildman–Crippen MR) is 102 cm³/mol. The number of rotatable bonds is 6. The molecule has 0 spiro atoms. The smallest absolute Gasteiger partial charge is 0.320 e. The molecule has 2 aromatic carbocycles. The molecule has 0 aliphatic carbocycles. The lowest BCUT2D eigenvalue weighted by atomic mass is 10.1. The van der Waals surface area contributed by atoms with Crippen LogP contribution in [0.15, 0.2) is 42.5 Å². The van der Waals surface area contributed by atoms with Gasteiger partial charge in [0, 0.05) is 31.2 Å². The van der Waals surface area contributed by atoms with Gasteiger partial charge in [0.15, 0.2) is 0 Å². The first kappa shape index (κ1) is 19.2. The van der Waals surface area contributed by atoms with Crippen molar-refractivity contribution in [2.75, 3.05) is 19.6 Å². The monoisotopic (exact) mass is 389 g/mol. The third-order valence-corrected chi connectivity index (χ3v) is 4.85. The van der Waals surface area contributed by atoms with Gasteiger partial charge in [-0.2, -0.15) is 0 Å². The standard InChI is InChI=1S/C20H21ClFN3O2/c1-14-2-4-15(5-3-14)11-23-19(26)13-25-9-8-24(20(25)27)12-16-6-7-17(22)10-18(16)21/h2-7,10H,8-9,11-13H2,1H3,(H,23,26). The Kier molecular flexibility index (Phi) is 5.96. The van der Waals surface area contributed by atoms with Crippen molar-refractivity contribution in [2.24, 2.45) is 0 Å². The predicted octanol–water partition coefficient (Wildman–Crippen LogP) is 3.34. The minimum absolute atomic E-state index is 0.0122. The zero-order valence-electron chi connectivity index (χ0n) is 15.0. The number of carbonyl (C=O) groups is 2. The number of hydrogen-bond acceptors (Lipinski definition) is 2. The summed E-state index contributed by atoms with van der Waals surface area (Å²) in [5.41, 5.74) is 2.85. The summed E-state index contributed by atoms with van der Waals surface area (Å²) in [4.78, 5) is 27.8. The maximum atomic E-state index is 13.1. The van der Waals surface area contributed by atoms with Crippen LogP contribution in [-0.4, -0.2) is 41.4 Å². The molecule has 7 heteroatoms. The summed E-state index contributed by atoms with van der Waals surface area (Å²) < 4.78 is 13.1. The van der Waals surface area contributed by atoms with Crippen molar-refractivity contribution in [2.45, 2.75) is 20.0 Å². The number of urea groups is 1. The van der Waals surface area contributed by atoms with Gasteiger partial charge in [0.1, 0.15) is 12.4 Å². The lowest BCUT2D eigenvalue weighted by molar-refractivity contribution is -0.121. The molecule has 1 saturated heterocycles. The Morgan fingerprint density at radius 2 is 1.85 bits per heavy atom. The van der Waals surface area contributed by atoms with Crippen LogP contribution in [0.1, 0.15) is 16.7 Å². The highest BCUT2D eigenvalue weighted by atomic mass is 35.5. The highest BCUT2D eigenvalue weighted by Gasteiger charge is 2.30. The zero-order chi connectivity index (χ0) is 19.4. The van der Waals surface area contributed by atoms with E-state index in [1.165, 1.54) is 17.0 Å². The van der Waals surface area contributed by atoms with Crippen LogP contribution in [0.4, 0.5) is 9.18 Å². The largest absolute Gasteiger partial charge is 0.350 e. The average molecular weight is 390 g/mol. The number of nitrogens with one attached hydrogen (secondary N) is 1. The van der Waals surface area contributed by atoms with Gasteiger partial charge in [0.2, 0.25) is 5.91 Å². The molecule has 1 aliphatic rings. The van der Waals surface area contributed by atoms with Crippen LogP contribution in [0.2, 0.25) is 5.02 Å². The Labute approximate surface area is 162 Å². The van der Waals surface area contributed by atoms with Crippen molar-refractivity contribution < 1.29 is 14.0 Å². The Morgan fingerprint density at radius 1 is 1.15 bits per heavy atom. The van der Waals surface area contributed by atoms with Crippen LogP contribution < -0.4 is 5.32 Å². The van der Waals surface area contributed by atoms with Crippen LogP contribution in [0.3, 0.4) is 0 Å². The van der Waals surface area contributed by atoms with Gasteiger partial charge in [-0.3, -0.25) is 4.79 Å². The number of hydrogen-bond donors (Lipinski definition) is 1. The van der Waals surface area contributed by atoms with Crippen LogP contribution in [0.5, 0.6) is 0 Å². The molecule has 5 nitrogen and oxygen atoms in total.